The molecule has 1 aliphatic carbocycles. The average Bonchev–Trinajstić information content (AvgIpc) is 2.87. The highest BCUT2D eigenvalue weighted by atomic mass is 35.5. The molecular formula is C14H14Cl3N3O. The normalized spacial score (nSPS) is 16.5. The van der Waals surface area contributed by atoms with Gasteiger partial charge >= 0.3 is 0 Å². The van der Waals surface area contributed by atoms with Crippen LogP contribution in [0.5, 0.6) is 0 Å². The van der Waals surface area contributed by atoms with Crippen LogP contribution in [-0.4, -0.2) is 10.1 Å². The zero-order valence-electron chi connectivity index (χ0n) is 11.1. The number of aromatic nitrogens is 2. The minimum Gasteiger partial charge on any atom is -0.335 e. The summed E-state index contributed by atoms with van der Waals surface area (Å²) in [5.74, 6) is 0.980. The minimum atomic E-state index is -0.413. The predicted molar refractivity (Wildman–Crippen MR) is 86.7 cm³/mol. The van der Waals surface area contributed by atoms with E-state index in [1.54, 1.807) is 18.2 Å². The Labute approximate surface area is 138 Å². The topological polar surface area (TPSA) is 64.9 Å². The Bertz CT molecular complexity index is 665. The van der Waals surface area contributed by atoms with Gasteiger partial charge in [0.1, 0.15) is 0 Å². The Hall–Kier alpha value is -1.07. The van der Waals surface area contributed by atoms with Crippen LogP contribution in [0.2, 0.25) is 10.0 Å². The van der Waals surface area contributed by atoms with E-state index in [0.717, 1.165) is 24.8 Å². The van der Waals surface area contributed by atoms with Crippen LogP contribution >= 0.6 is 35.6 Å². The van der Waals surface area contributed by atoms with Crippen molar-refractivity contribution >= 4 is 47.8 Å². The number of nitrogens with two attached hydrogens (primary N) is 1. The lowest BCUT2D eigenvalue weighted by Gasteiger charge is -2.34. The molecule has 1 aromatic carbocycles. The molecule has 0 bridgehead atoms. The highest BCUT2D eigenvalue weighted by molar-refractivity contribution is 6.42. The molecule has 4 nitrogen and oxygen atoms in total. The van der Waals surface area contributed by atoms with Gasteiger partial charge in [0.2, 0.25) is 0 Å². The van der Waals surface area contributed by atoms with Gasteiger partial charge in [-0.1, -0.05) is 40.5 Å². The molecule has 1 fully saturated rings. The summed E-state index contributed by atoms with van der Waals surface area (Å²) < 4.78 is 5.17. The van der Waals surface area contributed by atoms with Crippen LogP contribution in [0, 0.1) is 0 Å². The molecule has 0 atom stereocenters. The Morgan fingerprint density at radius 1 is 1.24 bits per heavy atom. The van der Waals surface area contributed by atoms with Crippen molar-refractivity contribution in [2.24, 2.45) is 5.73 Å². The molecule has 0 unspecified atom stereocenters. The van der Waals surface area contributed by atoms with E-state index in [1.807, 2.05) is 12.1 Å². The molecular weight excluding hydrogens is 333 g/mol. The highest BCUT2D eigenvalue weighted by Gasteiger charge is 2.38. The smallest absolute Gasteiger partial charge is 0.250 e. The monoisotopic (exact) mass is 345 g/mol. The van der Waals surface area contributed by atoms with E-state index in [-0.39, 0.29) is 12.4 Å². The molecule has 1 aromatic heterocycles. The van der Waals surface area contributed by atoms with Crippen molar-refractivity contribution in [2.45, 2.75) is 24.8 Å². The van der Waals surface area contributed by atoms with Crippen molar-refractivity contribution in [3.63, 3.8) is 0 Å². The summed E-state index contributed by atoms with van der Waals surface area (Å²) in [4.78, 5) is 4.31. The number of rotatable bonds is 3. The van der Waals surface area contributed by atoms with Crippen molar-refractivity contribution in [1.82, 2.24) is 10.1 Å². The van der Waals surface area contributed by atoms with E-state index in [2.05, 4.69) is 10.1 Å². The fourth-order valence-electron chi connectivity index (χ4n) is 2.10. The number of halogens is 3. The SMILES string of the molecule is Cl.NC1(c2noc(/C=C/c3cccc(Cl)c3Cl)n2)CCC1. The molecule has 2 aromatic rings. The van der Waals surface area contributed by atoms with Gasteiger partial charge in [-0.2, -0.15) is 4.98 Å². The van der Waals surface area contributed by atoms with Gasteiger partial charge in [0, 0.05) is 6.08 Å². The van der Waals surface area contributed by atoms with Crippen LogP contribution in [-0.2, 0) is 5.54 Å². The van der Waals surface area contributed by atoms with Crippen LogP contribution in [0.15, 0.2) is 22.7 Å². The fourth-order valence-corrected chi connectivity index (χ4v) is 2.47. The first kappa shape index (κ1) is 16.3. The van der Waals surface area contributed by atoms with Crippen molar-refractivity contribution in [3.05, 3.63) is 45.5 Å². The van der Waals surface area contributed by atoms with Crippen LogP contribution in [0.25, 0.3) is 12.2 Å². The maximum atomic E-state index is 6.14. The Balaban J connectivity index is 0.00000161. The molecule has 21 heavy (non-hydrogen) atoms. The zero-order chi connectivity index (χ0) is 14.2. The van der Waals surface area contributed by atoms with Crippen molar-refractivity contribution in [2.75, 3.05) is 0 Å². The number of benzene rings is 1. The second kappa shape index (κ2) is 6.36. The van der Waals surface area contributed by atoms with E-state index in [0.29, 0.717) is 21.8 Å². The maximum Gasteiger partial charge on any atom is 0.250 e. The number of nitrogens with zero attached hydrogens (tertiary/aromatic N) is 2. The summed E-state index contributed by atoms with van der Waals surface area (Å²) >= 11 is 12.1. The van der Waals surface area contributed by atoms with Gasteiger partial charge in [0.05, 0.1) is 15.6 Å². The van der Waals surface area contributed by atoms with Gasteiger partial charge in [0.15, 0.2) is 5.82 Å². The lowest BCUT2D eigenvalue weighted by molar-refractivity contribution is 0.229. The van der Waals surface area contributed by atoms with Gasteiger partial charge in [-0.25, -0.2) is 0 Å². The zero-order valence-corrected chi connectivity index (χ0v) is 13.4. The molecule has 3 rings (SSSR count). The quantitative estimate of drug-likeness (QED) is 0.899. The second-order valence-electron chi connectivity index (χ2n) is 4.94. The number of hydrogen-bond donors (Lipinski definition) is 1. The summed E-state index contributed by atoms with van der Waals surface area (Å²) in [5.41, 5.74) is 6.52. The average molecular weight is 347 g/mol. The first-order chi connectivity index (χ1) is 9.58. The van der Waals surface area contributed by atoms with Gasteiger partial charge < -0.3 is 10.3 Å². The first-order valence-corrected chi connectivity index (χ1v) is 7.09. The molecule has 7 heteroatoms. The van der Waals surface area contributed by atoms with Crippen LogP contribution in [0.3, 0.4) is 0 Å². The third kappa shape index (κ3) is 3.24. The summed E-state index contributed by atoms with van der Waals surface area (Å²) in [6.07, 6.45) is 6.39. The van der Waals surface area contributed by atoms with E-state index in [4.69, 9.17) is 33.5 Å². The summed E-state index contributed by atoms with van der Waals surface area (Å²) in [6.45, 7) is 0. The summed E-state index contributed by atoms with van der Waals surface area (Å²) in [7, 11) is 0. The molecule has 0 aliphatic heterocycles. The van der Waals surface area contributed by atoms with E-state index < -0.39 is 5.54 Å². The Morgan fingerprint density at radius 3 is 2.67 bits per heavy atom. The fraction of sp³-hybridized carbons (Fsp3) is 0.286. The van der Waals surface area contributed by atoms with E-state index in [9.17, 15) is 0 Å². The molecule has 0 saturated heterocycles. The lowest BCUT2D eigenvalue weighted by atomic mass is 9.77. The van der Waals surface area contributed by atoms with Crippen molar-refractivity contribution < 1.29 is 4.52 Å². The van der Waals surface area contributed by atoms with Crippen molar-refractivity contribution in [1.29, 1.82) is 0 Å². The highest BCUT2D eigenvalue weighted by Crippen LogP contribution is 2.37. The van der Waals surface area contributed by atoms with Crippen molar-refractivity contribution in [3.8, 4) is 0 Å². The van der Waals surface area contributed by atoms with Crippen LogP contribution in [0.4, 0.5) is 0 Å². The van der Waals surface area contributed by atoms with Gasteiger partial charge in [-0.05, 0) is 37.0 Å². The van der Waals surface area contributed by atoms with Gasteiger partial charge in [0.25, 0.3) is 5.89 Å². The van der Waals surface area contributed by atoms with Gasteiger partial charge in [-0.3, -0.25) is 0 Å². The minimum absolute atomic E-state index is 0. The summed E-state index contributed by atoms with van der Waals surface area (Å²) in [6, 6.07) is 5.43. The molecule has 112 valence electrons. The van der Waals surface area contributed by atoms with Crippen LogP contribution < -0.4 is 5.73 Å². The molecule has 1 heterocycles. The third-order valence-corrected chi connectivity index (χ3v) is 4.35. The molecule has 1 aliphatic rings. The molecule has 0 amide bonds. The molecule has 2 N–H and O–H groups in total. The number of hydrogen-bond acceptors (Lipinski definition) is 4. The Kier molecular flexibility index (Phi) is 4.94. The van der Waals surface area contributed by atoms with Crippen LogP contribution in [0.1, 0.15) is 36.5 Å². The van der Waals surface area contributed by atoms with E-state index >= 15 is 0 Å². The molecule has 0 radical (unpaired) electrons. The molecule has 1 saturated carbocycles. The maximum absolute atomic E-state index is 6.14. The van der Waals surface area contributed by atoms with E-state index in [1.165, 1.54) is 0 Å². The first-order valence-electron chi connectivity index (χ1n) is 6.34. The third-order valence-electron chi connectivity index (χ3n) is 3.52. The predicted octanol–water partition coefficient (Wildman–Crippen LogP) is 4.31. The lowest BCUT2D eigenvalue weighted by Crippen LogP contribution is -2.44. The molecule has 0 spiro atoms. The summed E-state index contributed by atoms with van der Waals surface area (Å²) in [5, 5.41) is 4.95. The Morgan fingerprint density at radius 2 is 2.00 bits per heavy atom. The standard InChI is InChI=1S/C14H13Cl2N3O.ClH/c15-10-4-1-3-9(12(10)16)5-6-11-18-13(19-20-11)14(17)7-2-8-14;/h1,3-6H,2,7-8,17H2;1H/b6-5+;. The van der Waals surface area contributed by atoms with Gasteiger partial charge in [-0.15, -0.1) is 12.4 Å². The second-order valence-corrected chi connectivity index (χ2v) is 5.73. The largest absolute Gasteiger partial charge is 0.335 e.